The van der Waals surface area contributed by atoms with E-state index in [0.29, 0.717) is 17.6 Å². The van der Waals surface area contributed by atoms with Crippen LogP contribution < -0.4 is 10.6 Å². The Labute approximate surface area is 160 Å². The second-order valence-corrected chi connectivity index (χ2v) is 7.30. The van der Waals surface area contributed by atoms with Gasteiger partial charge in [0.25, 0.3) is 0 Å². The van der Waals surface area contributed by atoms with Crippen molar-refractivity contribution in [1.29, 1.82) is 0 Å². The van der Waals surface area contributed by atoms with E-state index >= 15 is 0 Å². The van der Waals surface area contributed by atoms with Crippen LogP contribution in [0.15, 0.2) is 54.6 Å². The van der Waals surface area contributed by atoms with E-state index in [2.05, 4.69) is 15.5 Å². The van der Waals surface area contributed by atoms with Crippen molar-refractivity contribution in [3.63, 3.8) is 0 Å². The number of likely N-dealkylation sites (N-methyl/N-ethyl adjacent to an activating group) is 1. The summed E-state index contributed by atoms with van der Waals surface area (Å²) in [6, 6.07) is 18.0. The van der Waals surface area contributed by atoms with Gasteiger partial charge in [0.05, 0.1) is 12.6 Å². The lowest BCUT2D eigenvalue weighted by molar-refractivity contribution is -0.123. The van der Waals surface area contributed by atoms with Crippen LogP contribution in [0.3, 0.4) is 0 Å². The average molecular weight is 372 g/mol. The van der Waals surface area contributed by atoms with Gasteiger partial charge < -0.3 is 10.6 Å². The van der Waals surface area contributed by atoms with Gasteiger partial charge in [-0.05, 0) is 56.2 Å². The van der Waals surface area contributed by atoms with Crippen LogP contribution in [-0.2, 0) is 4.79 Å². The van der Waals surface area contributed by atoms with Crippen molar-refractivity contribution >= 4 is 17.5 Å². The number of amides is 1. The number of hydrogen-bond donors (Lipinski definition) is 2. The molecular weight excluding hydrogens is 346 g/mol. The maximum atomic E-state index is 12.7. The fraction of sp³-hybridized carbons (Fsp3) is 0.381. The molecule has 0 aliphatic carbocycles. The summed E-state index contributed by atoms with van der Waals surface area (Å²) < 4.78 is 0. The summed E-state index contributed by atoms with van der Waals surface area (Å²) in [5.74, 6) is 0.0369. The Balaban J connectivity index is 1.70. The van der Waals surface area contributed by atoms with Crippen LogP contribution in [0.5, 0.6) is 0 Å². The Morgan fingerprint density at radius 1 is 1.12 bits per heavy atom. The molecule has 26 heavy (non-hydrogen) atoms. The number of carbonyl (C=O) groups excluding carboxylic acids is 1. The van der Waals surface area contributed by atoms with Gasteiger partial charge in [-0.1, -0.05) is 54.1 Å². The second-order valence-electron chi connectivity index (χ2n) is 6.86. The number of nitrogens with one attached hydrogen (secondary N) is 2. The molecule has 2 N–H and O–H groups in total. The molecule has 0 saturated carbocycles. The Hall–Kier alpha value is -1.88. The van der Waals surface area contributed by atoms with E-state index in [1.54, 1.807) is 0 Å². The van der Waals surface area contributed by atoms with E-state index in [4.69, 9.17) is 11.6 Å². The largest absolute Gasteiger partial charge is 0.344 e. The van der Waals surface area contributed by atoms with Gasteiger partial charge in [-0.2, -0.15) is 0 Å². The Morgan fingerprint density at radius 2 is 1.73 bits per heavy atom. The number of rotatable bonds is 6. The van der Waals surface area contributed by atoms with Gasteiger partial charge in [-0.25, -0.2) is 0 Å². The van der Waals surface area contributed by atoms with Gasteiger partial charge in [0.1, 0.15) is 0 Å². The number of benzene rings is 2. The van der Waals surface area contributed by atoms with Crippen molar-refractivity contribution in [2.45, 2.75) is 24.9 Å². The average Bonchev–Trinajstić information content (AvgIpc) is 2.68. The summed E-state index contributed by atoms with van der Waals surface area (Å²) in [5.41, 5.74) is 2.09. The molecule has 1 aliphatic heterocycles. The third-order valence-electron chi connectivity index (χ3n) is 4.97. The predicted molar refractivity (Wildman–Crippen MR) is 106 cm³/mol. The zero-order chi connectivity index (χ0) is 18.4. The SMILES string of the molecule is CN(CC(=O)N[C@H](c1ccccc1)c1ccc(Cl)cc1)C1CCNCC1. The monoisotopic (exact) mass is 371 g/mol. The molecule has 1 fully saturated rings. The third-order valence-corrected chi connectivity index (χ3v) is 5.22. The minimum atomic E-state index is -0.178. The zero-order valence-electron chi connectivity index (χ0n) is 15.1. The molecule has 2 aromatic carbocycles. The van der Waals surface area contributed by atoms with Crippen molar-refractivity contribution in [2.75, 3.05) is 26.7 Å². The van der Waals surface area contributed by atoms with Crippen LogP contribution in [-0.4, -0.2) is 43.5 Å². The first kappa shape index (κ1) is 18.9. The number of halogens is 1. The van der Waals surface area contributed by atoms with Gasteiger partial charge >= 0.3 is 0 Å². The molecule has 1 atom stereocenters. The predicted octanol–water partition coefficient (Wildman–Crippen LogP) is 3.23. The van der Waals surface area contributed by atoms with E-state index in [9.17, 15) is 4.79 Å². The lowest BCUT2D eigenvalue weighted by atomic mass is 9.98. The molecule has 0 bridgehead atoms. The summed E-state index contributed by atoms with van der Waals surface area (Å²) in [5, 5.41) is 7.26. The Bertz CT molecular complexity index is 699. The number of nitrogens with zero attached hydrogens (tertiary/aromatic N) is 1. The summed E-state index contributed by atoms with van der Waals surface area (Å²) in [7, 11) is 2.04. The van der Waals surface area contributed by atoms with Crippen molar-refractivity contribution in [3.8, 4) is 0 Å². The standard InChI is InChI=1S/C21H26ClN3O/c1-25(19-11-13-23-14-12-19)15-20(26)24-21(16-5-3-2-4-6-16)17-7-9-18(22)10-8-17/h2-10,19,21,23H,11-15H2,1H3,(H,24,26)/t21-/m1/s1. The second kappa shape index (κ2) is 9.17. The minimum Gasteiger partial charge on any atom is -0.344 e. The molecule has 0 radical (unpaired) electrons. The molecule has 1 heterocycles. The van der Waals surface area contributed by atoms with E-state index in [-0.39, 0.29) is 11.9 Å². The number of hydrogen-bond acceptors (Lipinski definition) is 3. The highest BCUT2D eigenvalue weighted by atomic mass is 35.5. The summed E-state index contributed by atoms with van der Waals surface area (Å²) in [6.07, 6.45) is 2.17. The van der Waals surface area contributed by atoms with Crippen LogP contribution in [0.25, 0.3) is 0 Å². The van der Waals surface area contributed by atoms with Gasteiger partial charge in [-0.3, -0.25) is 9.69 Å². The molecule has 1 saturated heterocycles. The molecular formula is C21H26ClN3O. The molecule has 0 unspecified atom stereocenters. The van der Waals surface area contributed by atoms with Crippen molar-refractivity contribution in [2.24, 2.45) is 0 Å². The first-order valence-corrected chi connectivity index (χ1v) is 9.52. The molecule has 3 rings (SSSR count). The molecule has 5 heteroatoms. The fourth-order valence-corrected chi connectivity index (χ4v) is 3.60. The maximum Gasteiger partial charge on any atom is 0.234 e. The fourth-order valence-electron chi connectivity index (χ4n) is 3.47. The minimum absolute atomic E-state index is 0.0369. The third kappa shape index (κ3) is 5.07. The summed E-state index contributed by atoms with van der Waals surface area (Å²) in [6.45, 7) is 2.45. The molecule has 2 aromatic rings. The first-order chi connectivity index (χ1) is 12.6. The van der Waals surface area contributed by atoms with Crippen LogP contribution in [0, 0.1) is 0 Å². The van der Waals surface area contributed by atoms with E-state index in [1.807, 2.05) is 61.6 Å². The quantitative estimate of drug-likeness (QED) is 0.819. The van der Waals surface area contributed by atoms with E-state index in [0.717, 1.165) is 37.1 Å². The maximum absolute atomic E-state index is 12.7. The highest BCUT2D eigenvalue weighted by molar-refractivity contribution is 6.30. The van der Waals surface area contributed by atoms with Crippen LogP contribution >= 0.6 is 11.6 Å². The van der Waals surface area contributed by atoms with Gasteiger partial charge in [-0.15, -0.1) is 0 Å². The summed E-state index contributed by atoms with van der Waals surface area (Å²) >= 11 is 6.02. The molecule has 0 aromatic heterocycles. The molecule has 1 amide bonds. The van der Waals surface area contributed by atoms with Gasteiger partial charge in [0.2, 0.25) is 5.91 Å². The molecule has 0 spiro atoms. The van der Waals surface area contributed by atoms with Crippen LogP contribution in [0.1, 0.15) is 30.0 Å². The molecule has 138 valence electrons. The molecule has 1 aliphatic rings. The number of piperidine rings is 1. The highest BCUT2D eigenvalue weighted by Crippen LogP contribution is 2.23. The van der Waals surface area contributed by atoms with Gasteiger partial charge in [0.15, 0.2) is 0 Å². The first-order valence-electron chi connectivity index (χ1n) is 9.14. The highest BCUT2D eigenvalue weighted by Gasteiger charge is 2.22. The smallest absolute Gasteiger partial charge is 0.234 e. The number of carbonyl (C=O) groups is 1. The van der Waals surface area contributed by atoms with Crippen molar-refractivity contribution in [3.05, 3.63) is 70.7 Å². The van der Waals surface area contributed by atoms with E-state index in [1.165, 1.54) is 0 Å². The van der Waals surface area contributed by atoms with E-state index < -0.39 is 0 Å². The summed E-state index contributed by atoms with van der Waals surface area (Å²) in [4.78, 5) is 14.9. The van der Waals surface area contributed by atoms with Crippen molar-refractivity contribution in [1.82, 2.24) is 15.5 Å². The van der Waals surface area contributed by atoms with Gasteiger partial charge in [0, 0.05) is 11.1 Å². The topological polar surface area (TPSA) is 44.4 Å². The lowest BCUT2D eigenvalue weighted by Crippen LogP contribution is -2.46. The Kier molecular flexibility index (Phi) is 6.67. The zero-order valence-corrected chi connectivity index (χ0v) is 15.9. The van der Waals surface area contributed by atoms with Crippen LogP contribution in [0.2, 0.25) is 5.02 Å². The van der Waals surface area contributed by atoms with Crippen LogP contribution in [0.4, 0.5) is 0 Å². The van der Waals surface area contributed by atoms with Crippen molar-refractivity contribution < 1.29 is 4.79 Å². The molecule has 4 nitrogen and oxygen atoms in total. The lowest BCUT2D eigenvalue weighted by Gasteiger charge is -2.31. The Morgan fingerprint density at radius 3 is 2.38 bits per heavy atom. The normalized spacial score (nSPS) is 16.4.